The summed E-state index contributed by atoms with van der Waals surface area (Å²) in [6, 6.07) is 17.2. The standard InChI is InChI=1S/C21H25NO4/c1-21(2,14-17-6-4-3-5-7-17)20(25)22-13-12-16-8-10-18(11-9-16)26-15-19(23)24/h3-11H,12-15H2,1-2H3,(H,22,25)(H,23,24). The van der Waals surface area contributed by atoms with Gasteiger partial charge in [0.05, 0.1) is 0 Å². The van der Waals surface area contributed by atoms with Gasteiger partial charge < -0.3 is 15.2 Å². The minimum atomic E-state index is -1.00. The molecule has 0 aliphatic carbocycles. The van der Waals surface area contributed by atoms with E-state index in [0.717, 1.165) is 11.1 Å². The van der Waals surface area contributed by atoms with Crippen LogP contribution in [0.3, 0.4) is 0 Å². The molecular weight excluding hydrogens is 330 g/mol. The van der Waals surface area contributed by atoms with Gasteiger partial charge in [0.15, 0.2) is 6.61 Å². The topological polar surface area (TPSA) is 75.6 Å². The van der Waals surface area contributed by atoms with Crippen molar-refractivity contribution in [2.75, 3.05) is 13.2 Å². The van der Waals surface area contributed by atoms with Crippen molar-refractivity contribution in [1.82, 2.24) is 5.32 Å². The van der Waals surface area contributed by atoms with E-state index in [4.69, 9.17) is 9.84 Å². The van der Waals surface area contributed by atoms with E-state index < -0.39 is 11.4 Å². The first kappa shape index (κ1) is 19.5. The molecule has 0 fully saturated rings. The highest BCUT2D eigenvalue weighted by molar-refractivity contribution is 5.82. The highest BCUT2D eigenvalue weighted by atomic mass is 16.5. The zero-order valence-corrected chi connectivity index (χ0v) is 15.2. The molecule has 0 saturated heterocycles. The van der Waals surface area contributed by atoms with Crippen LogP contribution in [0.25, 0.3) is 0 Å². The Balaban J connectivity index is 1.79. The largest absolute Gasteiger partial charge is 0.482 e. The molecule has 2 aromatic carbocycles. The number of hydrogen-bond acceptors (Lipinski definition) is 3. The van der Waals surface area contributed by atoms with Crippen LogP contribution in [0.4, 0.5) is 0 Å². The maximum absolute atomic E-state index is 12.5. The van der Waals surface area contributed by atoms with Crippen molar-refractivity contribution >= 4 is 11.9 Å². The average Bonchev–Trinajstić information content (AvgIpc) is 2.61. The van der Waals surface area contributed by atoms with Crippen molar-refractivity contribution in [3.05, 3.63) is 65.7 Å². The number of aliphatic carboxylic acids is 1. The Morgan fingerprint density at radius 2 is 1.65 bits per heavy atom. The summed E-state index contributed by atoms with van der Waals surface area (Å²) >= 11 is 0. The molecule has 26 heavy (non-hydrogen) atoms. The molecule has 0 saturated carbocycles. The van der Waals surface area contributed by atoms with E-state index in [2.05, 4.69) is 5.32 Å². The summed E-state index contributed by atoms with van der Waals surface area (Å²) in [5.41, 5.74) is 1.72. The van der Waals surface area contributed by atoms with Crippen molar-refractivity contribution < 1.29 is 19.4 Å². The van der Waals surface area contributed by atoms with Gasteiger partial charge in [0, 0.05) is 12.0 Å². The lowest BCUT2D eigenvalue weighted by Crippen LogP contribution is -2.39. The van der Waals surface area contributed by atoms with Gasteiger partial charge in [-0.15, -0.1) is 0 Å². The minimum absolute atomic E-state index is 0.0303. The van der Waals surface area contributed by atoms with Crippen molar-refractivity contribution in [2.24, 2.45) is 5.41 Å². The first-order valence-electron chi connectivity index (χ1n) is 8.62. The number of carboxylic acids is 1. The van der Waals surface area contributed by atoms with Gasteiger partial charge in [0.1, 0.15) is 5.75 Å². The van der Waals surface area contributed by atoms with E-state index in [9.17, 15) is 9.59 Å². The second kappa shape index (κ2) is 9.04. The number of carbonyl (C=O) groups excluding carboxylic acids is 1. The SMILES string of the molecule is CC(C)(Cc1ccccc1)C(=O)NCCc1ccc(OCC(=O)O)cc1. The van der Waals surface area contributed by atoms with Gasteiger partial charge in [-0.2, -0.15) is 0 Å². The van der Waals surface area contributed by atoms with Crippen LogP contribution in [0.15, 0.2) is 54.6 Å². The second-order valence-corrected chi connectivity index (χ2v) is 6.88. The van der Waals surface area contributed by atoms with Gasteiger partial charge in [-0.05, 0) is 36.1 Å². The van der Waals surface area contributed by atoms with Gasteiger partial charge in [-0.3, -0.25) is 4.79 Å². The third kappa shape index (κ3) is 6.24. The van der Waals surface area contributed by atoms with E-state index in [1.165, 1.54) is 0 Å². The number of rotatable bonds is 9. The molecule has 0 radical (unpaired) electrons. The van der Waals surface area contributed by atoms with Gasteiger partial charge in [0.25, 0.3) is 0 Å². The Morgan fingerprint density at radius 3 is 2.27 bits per heavy atom. The molecule has 0 spiro atoms. The van der Waals surface area contributed by atoms with Gasteiger partial charge in [-0.1, -0.05) is 56.3 Å². The number of hydrogen-bond donors (Lipinski definition) is 2. The van der Waals surface area contributed by atoms with Crippen LogP contribution < -0.4 is 10.1 Å². The van der Waals surface area contributed by atoms with Gasteiger partial charge in [-0.25, -0.2) is 4.79 Å². The van der Waals surface area contributed by atoms with Gasteiger partial charge >= 0.3 is 5.97 Å². The van der Waals surface area contributed by atoms with Crippen LogP contribution in [0, 0.1) is 5.41 Å². The number of amides is 1. The molecule has 5 heteroatoms. The number of carboxylic acid groups (broad SMARTS) is 1. The number of benzene rings is 2. The zero-order valence-electron chi connectivity index (χ0n) is 15.2. The third-order valence-corrected chi connectivity index (χ3v) is 4.09. The van der Waals surface area contributed by atoms with Crippen molar-refractivity contribution in [2.45, 2.75) is 26.7 Å². The molecular formula is C21H25NO4. The smallest absolute Gasteiger partial charge is 0.341 e. The molecule has 0 aliphatic heterocycles. The summed E-state index contributed by atoms with van der Waals surface area (Å²) in [7, 11) is 0. The molecule has 0 aliphatic rings. The monoisotopic (exact) mass is 355 g/mol. The molecule has 0 heterocycles. The van der Waals surface area contributed by atoms with Crippen LogP contribution in [0.5, 0.6) is 5.75 Å². The summed E-state index contributed by atoms with van der Waals surface area (Å²) < 4.78 is 5.10. The highest BCUT2D eigenvalue weighted by Gasteiger charge is 2.27. The molecule has 0 atom stereocenters. The average molecular weight is 355 g/mol. The quantitative estimate of drug-likeness (QED) is 0.725. The highest BCUT2D eigenvalue weighted by Crippen LogP contribution is 2.22. The number of ether oxygens (including phenoxy) is 1. The molecule has 0 unspecified atom stereocenters. The summed E-state index contributed by atoms with van der Waals surface area (Å²) in [5.74, 6) is -0.457. The summed E-state index contributed by atoms with van der Waals surface area (Å²) in [5, 5.41) is 11.6. The summed E-state index contributed by atoms with van der Waals surface area (Å²) in [6.45, 7) is 4.09. The summed E-state index contributed by atoms with van der Waals surface area (Å²) in [4.78, 5) is 23.0. The lowest BCUT2D eigenvalue weighted by molar-refractivity contribution is -0.139. The van der Waals surface area contributed by atoms with Crippen LogP contribution in [0.2, 0.25) is 0 Å². The fraction of sp³-hybridized carbons (Fsp3) is 0.333. The number of carbonyl (C=O) groups is 2. The predicted octanol–water partition coefficient (Wildman–Crippen LogP) is 3.08. The van der Waals surface area contributed by atoms with E-state index in [-0.39, 0.29) is 12.5 Å². The van der Waals surface area contributed by atoms with Crippen molar-refractivity contribution in [3.8, 4) is 5.75 Å². The zero-order chi connectivity index (χ0) is 19.0. The molecule has 138 valence electrons. The first-order chi connectivity index (χ1) is 12.4. The Labute approximate surface area is 154 Å². The molecule has 0 bridgehead atoms. The maximum Gasteiger partial charge on any atom is 0.341 e. The lowest BCUT2D eigenvalue weighted by atomic mass is 9.85. The molecule has 2 aromatic rings. The molecule has 5 nitrogen and oxygen atoms in total. The third-order valence-electron chi connectivity index (χ3n) is 4.09. The van der Waals surface area contributed by atoms with Crippen molar-refractivity contribution in [3.63, 3.8) is 0 Å². The fourth-order valence-electron chi connectivity index (χ4n) is 2.64. The fourth-order valence-corrected chi connectivity index (χ4v) is 2.64. The van der Waals surface area contributed by atoms with E-state index in [1.807, 2.05) is 56.3 Å². The predicted molar refractivity (Wildman–Crippen MR) is 100 cm³/mol. The lowest BCUT2D eigenvalue weighted by Gasteiger charge is -2.23. The summed E-state index contributed by atoms with van der Waals surface area (Å²) in [6.07, 6.45) is 1.39. The van der Waals surface area contributed by atoms with Crippen LogP contribution >= 0.6 is 0 Å². The minimum Gasteiger partial charge on any atom is -0.482 e. The van der Waals surface area contributed by atoms with E-state index in [0.29, 0.717) is 25.1 Å². The molecule has 1 amide bonds. The van der Waals surface area contributed by atoms with Gasteiger partial charge in [0.2, 0.25) is 5.91 Å². The van der Waals surface area contributed by atoms with Crippen molar-refractivity contribution in [1.29, 1.82) is 0 Å². The molecule has 2 rings (SSSR count). The molecule has 0 aromatic heterocycles. The number of nitrogens with one attached hydrogen (secondary N) is 1. The first-order valence-corrected chi connectivity index (χ1v) is 8.62. The Morgan fingerprint density at radius 1 is 1.00 bits per heavy atom. The maximum atomic E-state index is 12.5. The van der Waals surface area contributed by atoms with E-state index >= 15 is 0 Å². The van der Waals surface area contributed by atoms with Crippen LogP contribution in [-0.4, -0.2) is 30.1 Å². The van der Waals surface area contributed by atoms with E-state index in [1.54, 1.807) is 12.1 Å². The van der Waals surface area contributed by atoms with Crippen LogP contribution in [-0.2, 0) is 22.4 Å². The molecule has 2 N–H and O–H groups in total. The Hall–Kier alpha value is -2.82. The normalized spacial score (nSPS) is 11.0. The Kier molecular flexibility index (Phi) is 6.78. The second-order valence-electron chi connectivity index (χ2n) is 6.88. The Bertz CT molecular complexity index is 723. The van der Waals surface area contributed by atoms with Crippen LogP contribution in [0.1, 0.15) is 25.0 Å².